The van der Waals surface area contributed by atoms with Crippen molar-refractivity contribution in [3.05, 3.63) is 0 Å². The molecule has 0 aliphatic carbocycles. The molecule has 1 heterocycles. The topological polar surface area (TPSA) is 47.3 Å². The average molecular weight is 200 g/mol. The smallest absolute Gasteiger partial charge is 0.0469 e. The van der Waals surface area contributed by atoms with Crippen LogP contribution < -0.4 is 11.3 Å². The second-order valence-electron chi connectivity index (χ2n) is 4.94. The maximum atomic E-state index is 5.67. The van der Waals surface area contributed by atoms with Crippen LogP contribution in [0.2, 0.25) is 0 Å². The second-order valence-corrected chi connectivity index (χ2v) is 4.94. The monoisotopic (exact) mass is 200 g/mol. The first-order chi connectivity index (χ1) is 6.61. The van der Waals surface area contributed by atoms with E-state index in [1.165, 1.54) is 0 Å². The van der Waals surface area contributed by atoms with Crippen LogP contribution in [0, 0.1) is 11.3 Å². The Morgan fingerprint density at radius 2 is 2.00 bits per heavy atom. The second kappa shape index (κ2) is 5.10. The maximum Gasteiger partial charge on any atom is 0.0469 e. The van der Waals surface area contributed by atoms with Crippen LogP contribution >= 0.6 is 0 Å². The van der Waals surface area contributed by atoms with E-state index in [2.05, 4.69) is 26.2 Å². The van der Waals surface area contributed by atoms with E-state index >= 15 is 0 Å². The van der Waals surface area contributed by atoms with Crippen LogP contribution in [0.15, 0.2) is 0 Å². The van der Waals surface area contributed by atoms with E-state index < -0.39 is 0 Å². The van der Waals surface area contributed by atoms with Gasteiger partial charge in [0, 0.05) is 19.3 Å². The fourth-order valence-corrected chi connectivity index (χ4v) is 2.27. The molecule has 0 bridgehead atoms. The molecule has 0 spiro atoms. The Morgan fingerprint density at radius 1 is 1.43 bits per heavy atom. The van der Waals surface area contributed by atoms with Gasteiger partial charge in [-0.3, -0.25) is 11.3 Å². The minimum atomic E-state index is 0.275. The molecular weight excluding hydrogens is 176 g/mol. The van der Waals surface area contributed by atoms with Crippen molar-refractivity contribution >= 4 is 0 Å². The van der Waals surface area contributed by atoms with E-state index in [9.17, 15) is 0 Å². The van der Waals surface area contributed by atoms with E-state index in [0.29, 0.717) is 12.0 Å². The Morgan fingerprint density at radius 3 is 2.43 bits per heavy atom. The number of nitrogens with one attached hydrogen (secondary N) is 1. The molecule has 0 saturated carbocycles. The fraction of sp³-hybridized carbons (Fsp3) is 1.00. The van der Waals surface area contributed by atoms with Gasteiger partial charge in [-0.25, -0.2) is 0 Å². The van der Waals surface area contributed by atoms with E-state index in [-0.39, 0.29) is 5.41 Å². The molecule has 0 aromatic carbocycles. The highest BCUT2D eigenvalue weighted by atomic mass is 16.5. The molecule has 0 aromatic heterocycles. The van der Waals surface area contributed by atoms with Crippen molar-refractivity contribution in [3.8, 4) is 0 Å². The number of hydrazine groups is 1. The maximum absolute atomic E-state index is 5.67. The first kappa shape index (κ1) is 12.0. The summed E-state index contributed by atoms with van der Waals surface area (Å²) in [6, 6.07) is 0.413. The van der Waals surface area contributed by atoms with E-state index in [1.54, 1.807) is 0 Å². The minimum Gasteiger partial charge on any atom is -0.381 e. The summed E-state index contributed by atoms with van der Waals surface area (Å²) >= 11 is 0. The van der Waals surface area contributed by atoms with Crippen molar-refractivity contribution in [2.75, 3.05) is 13.2 Å². The lowest BCUT2D eigenvalue weighted by Gasteiger charge is -2.40. The standard InChI is InChI=1S/C11H24N2O/c1-4-11(2,3)10(13-12)9-5-7-14-8-6-9/h9-10,13H,4-8,12H2,1-3H3. The predicted molar refractivity (Wildman–Crippen MR) is 58.7 cm³/mol. The lowest BCUT2D eigenvalue weighted by molar-refractivity contribution is 0.0306. The highest BCUT2D eigenvalue weighted by Crippen LogP contribution is 2.33. The van der Waals surface area contributed by atoms with Gasteiger partial charge in [-0.05, 0) is 30.6 Å². The third-order valence-corrected chi connectivity index (χ3v) is 3.67. The van der Waals surface area contributed by atoms with Gasteiger partial charge in [0.1, 0.15) is 0 Å². The molecule has 1 unspecified atom stereocenters. The summed E-state index contributed by atoms with van der Waals surface area (Å²) in [4.78, 5) is 0. The summed E-state index contributed by atoms with van der Waals surface area (Å²) in [6.07, 6.45) is 3.43. The molecule has 1 fully saturated rings. The number of hydrogen-bond donors (Lipinski definition) is 2. The Bertz CT molecular complexity index is 165. The Hall–Kier alpha value is -0.120. The van der Waals surface area contributed by atoms with E-state index in [0.717, 1.165) is 32.5 Å². The number of nitrogens with two attached hydrogens (primary N) is 1. The molecule has 1 rings (SSSR count). The van der Waals surface area contributed by atoms with Gasteiger partial charge in [-0.1, -0.05) is 20.8 Å². The molecule has 14 heavy (non-hydrogen) atoms. The van der Waals surface area contributed by atoms with Gasteiger partial charge in [0.15, 0.2) is 0 Å². The molecule has 3 N–H and O–H groups in total. The summed E-state index contributed by atoms with van der Waals surface area (Å²) < 4.78 is 5.37. The SMILES string of the molecule is CCC(C)(C)C(NN)C1CCOCC1. The van der Waals surface area contributed by atoms with E-state index in [1.807, 2.05) is 0 Å². The average Bonchev–Trinajstić information content (AvgIpc) is 2.20. The molecule has 1 aliphatic rings. The Kier molecular flexibility index (Phi) is 4.35. The minimum absolute atomic E-state index is 0.275. The third kappa shape index (κ3) is 2.69. The number of ether oxygens (including phenoxy) is 1. The van der Waals surface area contributed by atoms with Crippen LogP contribution in [0.25, 0.3) is 0 Å². The molecular formula is C11H24N2O. The summed E-state index contributed by atoms with van der Waals surface area (Å²) in [6.45, 7) is 8.58. The molecule has 3 nitrogen and oxygen atoms in total. The molecule has 3 heteroatoms. The summed E-state index contributed by atoms with van der Waals surface area (Å²) in [5.41, 5.74) is 3.28. The summed E-state index contributed by atoms with van der Waals surface area (Å²) in [5, 5.41) is 0. The normalized spacial score (nSPS) is 22.3. The van der Waals surface area contributed by atoms with Crippen LogP contribution in [-0.4, -0.2) is 19.3 Å². The van der Waals surface area contributed by atoms with Gasteiger partial charge in [-0.15, -0.1) is 0 Å². The van der Waals surface area contributed by atoms with Crippen LogP contribution in [0.5, 0.6) is 0 Å². The Balaban J connectivity index is 2.59. The molecule has 1 atom stereocenters. The lowest BCUT2D eigenvalue weighted by atomic mass is 9.73. The molecule has 1 saturated heterocycles. The zero-order valence-corrected chi connectivity index (χ0v) is 9.68. The van der Waals surface area contributed by atoms with Crippen molar-refractivity contribution in [1.82, 2.24) is 5.43 Å². The van der Waals surface area contributed by atoms with Gasteiger partial charge < -0.3 is 4.74 Å². The van der Waals surface area contributed by atoms with Crippen molar-refractivity contribution in [1.29, 1.82) is 0 Å². The molecule has 0 aromatic rings. The highest BCUT2D eigenvalue weighted by Gasteiger charge is 2.34. The molecule has 1 aliphatic heterocycles. The zero-order chi connectivity index (χ0) is 10.6. The molecule has 0 radical (unpaired) electrons. The van der Waals surface area contributed by atoms with E-state index in [4.69, 9.17) is 10.6 Å². The van der Waals surface area contributed by atoms with Gasteiger partial charge >= 0.3 is 0 Å². The van der Waals surface area contributed by atoms with Crippen molar-refractivity contribution in [2.45, 2.75) is 46.1 Å². The van der Waals surface area contributed by atoms with Gasteiger partial charge in [0.05, 0.1) is 0 Å². The van der Waals surface area contributed by atoms with Crippen LogP contribution in [0.1, 0.15) is 40.0 Å². The number of rotatable bonds is 4. The third-order valence-electron chi connectivity index (χ3n) is 3.67. The number of hydrogen-bond acceptors (Lipinski definition) is 3. The summed E-state index contributed by atoms with van der Waals surface area (Å²) in [7, 11) is 0. The van der Waals surface area contributed by atoms with Crippen molar-refractivity contribution in [3.63, 3.8) is 0 Å². The quantitative estimate of drug-likeness (QED) is 0.536. The van der Waals surface area contributed by atoms with Gasteiger partial charge in [0.2, 0.25) is 0 Å². The predicted octanol–water partition coefficient (Wildman–Crippen LogP) is 1.68. The van der Waals surface area contributed by atoms with Crippen LogP contribution in [0.3, 0.4) is 0 Å². The van der Waals surface area contributed by atoms with Crippen molar-refractivity contribution < 1.29 is 4.74 Å². The largest absolute Gasteiger partial charge is 0.381 e. The summed E-state index contributed by atoms with van der Waals surface area (Å²) in [5.74, 6) is 6.34. The lowest BCUT2D eigenvalue weighted by Crippen LogP contribution is -2.51. The first-order valence-electron chi connectivity index (χ1n) is 5.65. The highest BCUT2D eigenvalue weighted by molar-refractivity contribution is 4.88. The van der Waals surface area contributed by atoms with Gasteiger partial charge in [-0.2, -0.15) is 0 Å². The van der Waals surface area contributed by atoms with Crippen molar-refractivity contribution in [2.24, 2.45) is 17.2 Å². The van der Waals surface area contributed by atoms with Gasteiger partial charge in [0.25, 0.3) is 0 Å². The fourth-order valence-electron chi connectivity index (χ4n) is 2.27. The van der Waals surface area contributed by atoms with Crippen LogP contribution in [-0.2, 0) is 4.74 Å². The molecule has 0 amide bonds. The zero-order valence-electron chi connectivity index (χ0n) is 9.68. The van der Waals surface area contributed by atoms with Crippen LogP contribution in [0.4, 0.5) is 0 Å². The first-order valence-corrected chi connectivity index (χ1v) is 5.65. The Labute approximate surface area is 87.4 Å². The molecule has 84 valence electrons.